The Morgan fingerprint density at radius 2 is 1.83 bits per heavy atom. The highest BCUT2D eigenvalue weighted by atomic mass is 16.1. The van der Waals surface area contributed by atoms with E-state index in [0.29, 0.717) is 12.4 Å². The Morgan fingerprint density at radius 1 is 0.972 bits per heavy atom. The van der Waals surface area contributed by atoms with E-state index in [-0.39, 0.29) is 5.69 Å². The van der Waals surface area contributed by atoms with Crippen molar-refractivity contribution in [1.82, 2.24) is 39.3 Å². The first-order valence-electron chi connectivity index (χ1n) is 12.4. The second-order valence-corrected chi connectivity index (χ2v) is 8.84. The number of aromatic amines is 1. The van der Waals surface area contributed by atoms with Gasteiger partial charge in [0.1, 0.15) is 5.82 Å². The zero-order valence-electron chi connectivity index (χ0n) is 20.6. The first-order chi connectivity index (χ1) is 17.7. The number of nitrogens with one attached hydrogen (secondary N) is 1. The number of H-pyrrole nitrogens is 1. The maximum absolute atomic E-state index is 13.8. The molecule has 0 aliphatic carbocycles. The van der Waals surface area contributed by atoms with Crippen LogP contribution in [0.2, 0.25) is 0 Å². The van der Waals surface area contributed by atoms with Crippen molar-refractivity contribution in [3.05, 3.63) is 89.0 Å². The number of unbranched alkanes of at least 4 members (excludes halogenated alkanes) is 1. The molecule has 184 valence electrons. The van der Waals surface area contributed by atoms with E-state index in [2.05, 4.69) is 44.0 Å². The molecule has 0 bridgehead atoms. The smallest absolute Gasteiger partial charge is 0.334 e. The molecule has 5 aromatic rings. The lowest BCUT2D eigenvalue weighted by Crippen LogP contribution is -2.26. The number of nitrogens with zero attached hydrogens (tertiary/aromatic N) is 7. The first kappa shape index (κ1) is 23.5. The van der Waals surface area contributed by atoms with Crippen molar-refractivity contribution in [2.45, 2.75) is 52.6 Å². The van der Waals surface area contributed by atoms with Crippen LogP contribution in [-0.2, 0) is 19.5 Å². The summed E-state index contributed by atoms with van der Waals surface area (Å²) in [4.78, 5) is 18.2. The molecular weight excluding hydrogens is 452 g/mol. The Balaban J connectivity index is 1.60. The molecule has 1 aromatic carbocycles. The van der Waals surface area contributed by atoms with E-state index in [1.165, 1.54) is 0 Å². The minimum atomic E-state index is -0.0431. The number of imidazole rings is 1. The van der Waals surface area contributed by atoms with Gasteiger partial charge in [0.2, 0.25) is 5.82 Å². The second kappa shape index (κ2) is 10.6. The predicted octanol–water partition coefficient (Wildman–Crippen LogP) is 4.48. The minimum Gasteiger partial charge on any atom is -0.334 e. The molecule has 4 aromatic heterocycles. The van der Waals surface area contributed by atoms with E-state index < -0.39 is 0 Å². The lowest BCUT2D eigenvalue weighted by molar-refractivity contribution is 0.645. The van der Waals surface area contributed by atoms with Crippen LogP contribution in [0.25, 0.3) is 28.3 Å². The van der Waals surface area contributed by atoms with Crippen LogP contribution >= 0.6 is 0 Å². The fraction of sp³-hybridized carbons (Fsp3) is 0.296. The summed E-state index contributed by atoms with van der Waals surface area (Å²) in [5.41, 5.74) is 4.75. The highest BCUT2D eigenvalue weighted by molar-refractivity contribution is 5.81. The van der Waals surface area contributed by atoms with Crippen molar-refractivity contribution >= 4 is 0 Å². The molecule has 5 rings (SSSR count). The third-order valence-electron chi connectivity index (χ3n) is 6.40. The summed E-state index contributed by atoms with van der Waals surface area (Å²) in [5.74, 6) is 1.42. The van der Waals surface area contributed by atoms with Gasteiger partial charge >= 0.3 is 5.69 Å². The van der Waals surface area contributed by atoms with E-state index in [1.807, 2.05) is 65.6 Å². The topological polar surface area (TPSA) is 99.2 Å². The fourth-order valence-electron chi connectivity index (χ4n) is 4.65. The number of rotatable bonds is 10. The summed E-state index contributed by atoms with van der Waals surface area (Å²) < 4.78 is 5.80. The van der Waals surface area contributed by atoms with Gasteiger partial charge in [0, 0.05) is 42.6 Å². The average molecular weight is 483 g/mol. The zero-order chi connectivity index (χ0) is 24.9. The second-order valence-electron chi connectivity index (χ2n) is 8.84. The normalized spacial score (nSPS) is 11.3. The van der Waals surface area contributed by atoms with Crippen LogP contribution in [0.3, 0.4) is 0 Å². The molecule has 0 saturated carbocycles. The molecule has 0 atom stereocenters. The molecule has 36 heavy (non-hydrogen) atoms. The number of aryl methyl sites for hydroxylation is 2. The Labute approximate surface area is 209 Å². The Bertz CT molecular complexity index is 1490. The lowest BCUT2D eigenvalue weighted by atomic mass is 9.96. The number of aromatic nitrogens is 8. The third-order valence-corrected chi connectivity index (χ3v) is 6.40. The molecule has 0 saturated heterocycles. The predicted molar refractivity (Wildman–Crippen MR) is 139 cm³/mol. The first-order valence-corrected chi connectivity index (χ1v) is 12.4. The van der Waals surface area contributed by atoms with Gasteiger partial charge in [-0.2, -0.15) is 5.21 Å². The third kappa shape index (κ3) is 4.51. The number of pyridine rings is 1. The molecule has 0 radical (unpaired) electrons. The minimum absolute atomic E-state index is 0.0431. The van der Waals surface area contributed by atoms with Gasteiger partial charge in [-0.1, -0.05) is 44.5 Å². The molecule has 0 spiro atoms. The van der Waals surface area contributed by atoms with E-state index in [4.69, 9.17) is 0 Å². The molecular formula is C27H30N8O. The SMILES string of the molecule is CCCCc1cn(-c2cccn2CCC)c(=O)n1Cc1cnccc1-c1ccccc1-c1nn[nH]n1. The monoisotopic (exact) mass is 482 g/mol. The number of hydrogen-bond acceptors (Lipinski definition) is 5. The van der Waals surface area contributed by atoms with Crippen LogP contribution < -0.4 is 5.69 Å². The molecule has 0 aliphatic heterocycles. The van der Waals surface area contributed by atoms with Crippen LogP contribution in [0.1, 0.15) is 44.4 Å². The van der Waals surface area contributed by atoms with Crippen LogP contribution in [-0.4, -0.2) is 39.3 Å². The van der Waals surface area contributed by atoms with Crippen LogP contribution in [0, 0.1) is 0 Å². The maximum Gasteiger partial charge on any atom is 0.334 e. The van der Waals surface area contributed by atoms with Crippen LogP contribution in [0.15, 0.2) is 72.0 Å². The van der Waals surface area contributed by atoms with Crippen molar-refractivity contribution in [1.29, 1.82) is 0 Å². The number of benzene rings is 1. The van der Waals surface area contributed by atoms with Crippen molar-refractivity contribution in [3.63, 3.8) is 0 Å². The number of hydrogen-bond donors (Lipinski definition) is 1. The summed E-state index contributed by atoms with van der Waals surface area (Å²) in [6.45, 7) is 5.59. The maximum atomic E-state index is 13.8. The molecule has 0 fully saturated rings. The quantitative estimate of drug-likeness (QED) is 0.316. The van der Waals surface area contributed by atoms with Gasteiger partial charge in [-0.05, 0) is 59.4 Å². The summed E-state index contributed by atoms with van der Waals surface area (Å²) in [6, 6.07) is 13.9. The number of tetrazole rings is 1. The van der Waals surface area contributed by atoms with Crippen molar-refractivity contribution < 1.29 is 0 Å². The molecule has 9 heteroatoms. The van der Waals surface area contributed by atoms with Crippen molar-refractivity contribution in [3.8, 4) is 28.3 Å². The van der Waals surface area contributed by atoms with E-state index in [9.17, 15) is 4.79 Å². The lowest BCUT2D eigenvalue weighted by Gasteiger charge is -2.14. The summed E-state index contributed by atoms with van der Waals surface area (Å²) in [5, 5.41) is 14.6. The zero-order valence-corrected chi connectivity index (χ0v) is 20.6. The van der Waals surface area contributed by atoms with E-state index >= 15 is 0 Å². The average Bonchev–Trinajstić information content (AvgIpc) is 3.66. The fourth-order valence-corrected chi connectivity index (χ4v) is 4.65. The van der Waals surface area contributed by atoms with Crippen molar-refractivity contribution in [2.75, 3.05) is 0 Å². The molecule has 9 nitrogen and oxygen atoms in total. The highest BCUT2D eigenvalue weighted by Gasteiger charge is 2.18. The highest BCUT2D eigenvalue weighted by Crippen LogP contribution is 2.32. The van der Waals surface area contributed by atoms with Gasteiger partial charge in [0.05, 0.1) is 6.54 Å². The molecule has 4 heterocycles. The van der Waals surface area contributed by atoms with E-state index in [0.717, 1.165) is 66.0 Å². The van der Waals surface area contributed by atoms with Crippen LogP contribution in [0.4, 0.5) is 0 Å². The molecule has 1 N–H and O–H groups in total. The standard InChI is InChI=1S/C27H30N8O/c1-3-5-9-21-19-35(25-12-8-16-33(25)15-4-2)27(36)34(21)18-20-17-28-14-13-22(20)23-10-6-7-11-24(23)26-29-31-32-30-26/h6-8,10-14,16-17,19H,3-5,9,15,18H2,1-2H3,(H,29,30,31,32). The summed E-state index contributed by atoms with van der Waals surface area (Å²) in [6.07, 6.45) is 11.6. The Kier molecular flexibility index (Phi) is 6.88. The van der Waals surface area contributed by atoms with Gasteiger partial charge in [-0.25, -0.2) is 4.79 Å². The molecule has 0 amide bonds. The van der Waals surface area contributed by atoms with Crippen molar-refractivity contribution in [2.24, 2.45) is 0 Å². The van der Waals surface area contributed by atoms with Crippen LogP contribution in [0.5, 0.6) is 0 Å². The summed E-state index contributed by atoms with van der Waals surface area (Å²) in [7, 11) is 0. The Hall–Kier alpha value is -4.27. The van der Waals surface area contributed by atoms with Gasteiger partial charge in [-0.15, -0.1) is 10.2 Å². The van der Waals surface area contributed by atoms with Gasteiger partial charge < -0.3 is 4.57 Å². The Morgan fingerprint density at radius 3 is 2.61 bits per heavy atom. The largest absolute Gasteiger partial charge is 0.334 e. The van der Waals surface area contributed by atoms with Gasteiger partial charge in [0.15, 0.2) is 0 Å². The van der Waals surface area contributed by atoms with E-state index in [1.54, 1.807) is 10.8 Å². The molecule has 0 unspecified atom stereocenters. The van der Waals surface area contributed by atoms with Gasteiger partial charge in [-0.3, -0.25) is 14.1 Å². The van der Waals surface area contributed by atoms with Gasteiger partial charge in [0.25, 0.3) is 0 Å². The molecule has 0 aliphatic rings. The summed E-state index contributed by atoms with van der Waals surface area (Å²) >= 11 is 0.